The smallest absolute Gasteiger partial charge is 0.241 e. The normalized spacial score (nSPS) is 17.5. The van der Waals surface area contributed by atoms with Gasteiger partial charge in [-0.1, -0.05) is 51.9 Å². The molecule has 1 unspecified atom stereocenters. The van der Waals surface area contributed by atoms with Crippen LogP contribution in [0.3, 0.4) is 0 Å². The Labute approximate surface area is 144 Å². The number of nitrogens with zero attached hydrogens (tertiary/aromatic N) is 1. The Balaban J connectivity index is 1.59. The fourth-order valence-electron chi connectivity index (χ4n) is 2.13. The van der Waals surface area contributed by atoms with Crippen LogP contribution in [0.4, 0.5) is 0 Å². The zero-order valence-electron chi connectivity index (χ0n) is 12.5. The van der Waals surface area contributed by atoms with Crippen molar-refractivity contribution in [1.29, 1.82) is 0 Å². The summed E-state index contributed by atoms with van der Waals surface area (Å²) in [6.07, 6.45) is 0.879. The summed E-state index contributed by atoms with van der Waals surface area (Å²) < 4.78 is 0. The van der Waals surface area contributed by atoms with Gasteiger partial charge >= 0.3 is 0 Å². The summed E-state index contributed by atoms with van der Waals surface area (Å²) in [4.78, 5) is 13.9. The molecule has 0 spiro atoms. The topological polar surface area (TPSA) is 72.3 Å². The van der Waals surface area contributed by atoms with Gasteiger partial charge in [0.15, 0.2) is 0 Å². The van der Waals surface area contributed by atoms with Crippen molar-refractivity contribution in [3.8, 4) is 0 Å². The Morgan fingerprint density at radius 2 is 1.95 bits per heavy atom. The molecule has 4 N–H and O–H groups in total. The van der Waals surface area contributed by atoms with E-state index in [2.05, 4.69) is 12.1 Å². The first-order valence-electron chi connectivity index (χ1n) is 7.33. The maximum atomic E-state index is 12.1. The lowest BCUT2D eigenvalue weighted by atomic mass is 10.1. The number of hydrogen-bond donors (Lipinski definition) is 2. The van der Waals surface area contributed by atoms with E-state index in [9.17, 15) is 4.79 Å². The Morgan fingerprint density at radius 1 is 1.23 bits per heavy atom. The van der Waals surface area contributed by atoms with E-state index in [1.807, 2.05) is 23.1 Å². The van der Waals surface area contributed by atoms with E-state index in [1.54, 1.807) is 33.3 Å². The van der Waals surface area contributed by atoms with Crippen LogP contribution in [0, 0.1) is 0 Å². The molecule has 2 atom stereocenters. The van der Waals surface area contributed by atoms with Crippen LogP contribution in [0.15, 0.2) is 30.3 Å². The van der Waals surface area contributed by atoms with Gasteiger partial charge < -0.3 is 16.4 Å². The number of carbonyl (C=O) groups excluding carboxylic acids is 1. The van der Waals surface area contributed by atoms with E-state index in [1.165, 1.54) is 5.56 Å². The van der Waals surface area contributed by atoms with Gasteiger partial charge in [-0.25, -0.2) is 0 Å². The molecule has 122 valence electrons. The van der Waals surface area contributed by atoms with Gasteiger partial charge in [0, 0.05) is 29.8 Å². The van der Waals surface area contributed by atoms with Gasteiger partial charge in [0.1, 0.15) is 0 Å². The number of carbonyl (C=O) groups is 1. The van der Waals surface area contributed by atoms with Crippen molar-refractivity contribution in [3.63, 3.8) is 0 Å². The first kappa shape index (κ1) is 18.0. The number of nitrogens with two attached hydrogens (primary N) is 2. The fourth-order valence-corrected chi connectivity index (χ4v) is 5.40. The van der Waals surface area contributed by atoms with E-state index in [4.69, 9.17) is 11.5 Å². The molecule has 22 heavy (non-hydrogen) atoms. The van der Waals surface area contributed by atoms with Crippen molar-refractivity contribution >= 4 is 39.3 Å². The Kier molecular flexibility index (Phi) is 7.96. The van der Waals surface area contributed by atoms with Gasteiger partial charge in [-0.3, -0.25) is 4.79 Å². The predicted molar refractivity (Wildman–Crippen MR) is 100 cm³/mol. The van der Waals surface area contributed by atoms with Crippen LogP contribution in [0.1, 0.15) is 5.56 Å². The molecule has 0 saturated carbocycles. The van der Waals surface area contributed by atoms with Crippen molar-refractivity contribution in [3.05, 3.63) is 35.9 Å². The van der Waals surface area contributed by atoms with Crippen molar-refractivity contribution in [2.45, 2.75) is 18.5 Å². The van der Waals surface area contributed by atoms with Crippen molar-refractivity contribution < 1.29 is 4.79 Å². The standard InChI is InChI=1S/C15H23N3OS3/c16-13(8-12-4-2-1-3-5-12)9-21-22-10-14(17)15(19)18-6-7-20-11-18/h1-5,13-14H,6-11,16-17H2/t13?,14-/m0/s1. The summed E-state index contributed by atoms with van der Waals surface area (Å²) in [6, 6.07) is 10.00. The Bertz CT molecular complexity index is 455. The van der Waals surface area contributed by atoms with Gasteiger partial charge in [-0.15, -0.1) is 11.8 Å². The third-order valence-electron chi connectivity index (χ3n) is 3.34. The highest BCUT2D eigenvalue weighted by Gasteiger charge is 2.23. The van der Waals surface area contributed by atoms with E-state index in [0.29, 0.717) is 5.75 Å². The Hall–Kier alpha value is -0.340. The molecule has 1 aliphatic rings. The largest absolute Gasteiger partial charge is 0.331 e. The van der Waals surface area contributed by atoms with E-state index < -0.39 is 6.04 Å². The highest BCUT2D eigenvalue weighted by Crippen LogP contribution is 2.24. The molecule has 1 aromatic carbocycles. The summed E-state index contributed by atoms with van der Waals surface area (Å²) in [5.74, 6) is 3.38. The molecule has 0 aliphatic carbocycles. The van der Waals surface area contributed by atoms with Crippen LogP contribution in [-0.4, -0.2) is 52.6 Å². The summed E-state index contributed by atoms with van der Waals surface area (Å²) in [5.41, 5.74) is 13.4. The van der Waals surface area contributed by atoms with Crippen LogP contribution in [0.5, 0.6) is 0 Å². The number of thioether (sulfide) groups is 1. The highest BCUT2D eigenvalue weighted by atomic mass is 33.1. The van der Waals surface area contributed by atoms with E-state index >= 15 is 0 Å². The predicted octanol–water partition coefficient (Wildman–Crippen LogP) is 1.80. The average molecular weight is 358 g/mol. The number of rotatable bonds is 8. The van der Waals surface area contributed by atoms with Gasteiger partial charge in [0.05, 0.1) is 11.9 Å². The zero-order valence-corrected chi connectivity index (χ0v) is 15.0. The Morgan fingerprint density at radius 3 is 2.64 bits per heavy atom. The maximum Gasteiger partial charge on any atom is 0.241 e. The maximum absolute atomic E-state index is 12.1. The molecule has 1 saturated heterocycles. The molecule has 1 fully saturated rings. The first-order chi connectivity index (χ1) is 10.7. The minimum atomic E-state index is -0.401. The summed E-state index contributed by atoms with van der Waals surface area (Å²) >= 11 is 1.78. The van der Waals surface area contributed by atoms with Crippen LogP contribution < -0.4 is 11.5 Å². The SMILES string of the molecule is NC(CSSC[C@H](N)C(=O)N1CCSC1)Cc1ccccc1. The van der Waals surface area contributed by atoms with Gasteiger partial charge in [0.2, 0.25) is 5.91 Å². The van der Waals surface area contributed by atoms with Crippen LogP contribution in [0.25, 0.3) is 0 Å². The lowest BCUT2D eigenvalue weighted by Crippen LogP contribution is -2.43. The molecule has 7 heteroatoms. The summed E-state index contributed by atoms with van der Waals surface area (Å²) in [6.45, 7) is 0.830. The number of hydrogen-bond acceptors (Lipinski definition) is 6. The first-order valence-corrected chi connectivity index (χ1v) is 11.0. The second-order valence-corrected chi connectivity index (χ2v) is 8.89. The number of benzene rings is 1. The van der Waals surface area contributed by atoms with Crippen LogP contribution in [-0.2, 0) is 11.2 Å². The minimum absolute atomic E-state index is 0.0756. The molecular formula is C15H23N3OS3. The molecule has 1 aromatic rings. The molecule has 1 amide bonds. The monoisotopic (exact) mass is 357 g/mol. The second kappa shape index (κ2) is 9.72. The lowest BCUT2D eigenvalue weighted by Gasteiger charge is -2.19. The molecule has 0 aromatic heterocycles. The third-order valence-corrected chi connectivity index (χ3v) is 6.84. The number of amides is 1. The van der Waals surface area contributed by atoms with Gasteiger partial charge in [0.25, 0.3) is 0 Å². The summed E-state index contributed by atoms with van der Waals surface area (Å²) in [5, 5.41) is 0. The second-order valence-electron chi connectivity index (χ2n) is 5.26. The van der Waals surface area contributed by atoms with E-state index in [0.717, 1.165) is 30.3 Å². The van der Waals surface area contributed by atoms with Crippen LogP contribution in [0.2, 0.25) is 0 Å². The van der Waals surface area contributed by atoms with Gasteiger partial charge in [-0.05, 0) is 12.0 Å². The van der Waals surface area contributed by atoms with Crippen molar-refractivity contribution in [2.75, 3.05) is 29.7 Å². The molecule has 1 aliphatic heterocycles. The molecule has 1 heterocycles. The lowest BCUT2D eigenvalue weighted by molar-refractivity contribution is -0.130. The molecule has 0 radical (unpaired) electrons. The molecule has 0 bridgehead atoms. The summed E-state index contributed by atoms with van der Waals surface area (Å²) in [7, 11) is 3.35. The molecule has 2 rings (SSSR count). The highest BCUT2D eigenvalue weighted by molar-refractivity contribution is 8.76. The van der Waals surface area contributed by atoms with Gasteiger partial charge in [-0.2, -0.15) is 0 Å². The third kappa shape index (κ3) is 6.04. The van der Waals surface area contributed by atoms with Crippen molar-refractivity contribution in [1.82, 2.24) is 4.90 Å². The quantitative estimate of drug-likeness (QED) is 0.546. The van der Waals surface area contributed by atoms with Crippen molar-refractivity contribution in [2.24, 2.45) is 11.5 Å². The van der Waals surface area contributed by atoms with E-state index in [-0.39, 0.29) is 11.9 Å². The minimum Gasteiger partial charge on any atom is -0.331 e. The molecular weight excluding hydrogens is 334 g/mol. The fraction of sp³-hybridized carbons (Fsp3) is 0.533. The van der Waals surface area contributed by atoms with Crippen LogP contribution >= 0.6 is 33.3 Å². The molecule has 4 nitrogen and oxygen atoms in total. The zero-order chi connectivity index (χ0) is 15.8. The average Bonchev–Trinajstić information content (AvgIpc) is 3.06.